The number of aromatic nitrogens is 2. The smallest absolute Gasteiger partial charge is 0.137 e. The maximum absolute atomic E-state index is 7.32. The monoisotopic (exact) mass is 1010 g/mol. The Morgan fingerprint density at radius 3 is 1.65 bits per heavy atom. The Balaban J connectivity index is 0.918. The Kier molecular flexibility index (Phi) is 10.5. The maximum atomic E-state index is 7.32. The minimum absolute atomic E-state index is 0.0351. The SMILES string of the molecule is CC(C)(C)c1cc(-c2cccc(-c3ccccc3)c2N2CN(c3cccc(Oc4cc5c6c7c(cccc7n(-c7cc(C(C)(C)C)ccn7)c6c4)C54c5ccccc5-c5ccccc54)c3)c3ccccc32)cc(C(C)(C)C)c1. The zero-order valence-electron chi connectivity index (χ0n) is 46.1. The van der Waals surface area contributed by atoms with Gasteiger partial charge in [-0.3, -0.25) is 4.57 Å². The summed E-state index contributed by atoms with van der Waals surface area (Å²) in [7, 11) is 0. The first-order valence-corrected chi connectivity index (χ1v) is 27.6. The van der Waals surface area contributed by atoms with E-state index in [2.05, 4.69) is 283 Å². The van der Waals surface area contributed by atoms with Crippen LogP contribution in [-0.4, -0.2) is 16.2 Å². The van der Waals surface area contributed by atoms with E-state index in [0.29, 0.717) is 6.67 Å². The van der Waals surface area contributed by atoms with Gasteiger partial charge in [0.05, 0.1) is 33.5 Å². The number of benzene rings is 9. The summed E-state index contributed by atoms with van der Waals surface area (Å²) in [5, 5.41) is 2.52. The molecule has 0 saturated heterocycles. The number of fused-ring (bicyclic) bond motifs is 8. The molecule has 0 unspecified atom stereocenters. The fourth-order valence-electron chi connectivity index (χ4n) is 13.1. The van der Waals surface area contributed by atoms with Gasteiger partial charge in [0.15, 0.2) is 0 Å². The van der Waals surface area contributed by atoms with Gasteiger partial charge in [-0.2, -0.15) is 0 Å². The van der Waals surface area contributed by atoms with E-state index in [1.54, 1.807) is 0 Å². The van der Waals surface area contributed by atoms with Crippen LogP contribution in [-0.2, 0) is 21.7 Å². The number of ether oxygens (including phenoxy) is 1. The summed E-state index contributed by atoms with van der Waals surface area (Å²) in [5.41, 5.74) is 22.5. The molecule has 0 N–H and O–H groups in total. The molecule has 0 saturated carbocycles. The summed E-state index contributed by atoms with van der Waals surface area (Å²) in [6.45, 7) is 21.3. The van der Waals surface area contributed by atoms with Gasteiger partial charge in [0.2, 0.25) is 0 Å². The van der Waals surface area contributed by atoms with Crippen LogP contribution in [0.1, 0.15) is 101 Å². The van der Waals surface area contributed by atoms with Crippen LogP contribution in [0.15, 0.2) is 212 Å². The molecule has 0 radical (unpaired) electrons. The third-order valence-corrected chi connectivity index (χ3v) is 16.9. The van der Waals surface area contributed by atoms with E-state index in [0.717, 1.165) is 45.4 Å². The molecular weight excluding hydrogens is 949 g/mol. The predicted molar refractivity (Wildman–Crippen MR) is 325 cm³/mol. The maximum Gasteiger partial charge on any atom is 0.137 e. The summed E-state index contributed by atoms with van der Waals surface area (Å²) in [5.74, 6) is 2.45. The number of nitrogens with zero attached hydrogens (tertiary/aromatic N) is 4. The van der Waals surface area contributed by atoms with Crippen molar-refractivity contribution in [3.05, 3.63) is 251 Å². The van der Waals surface area contributed by atoms with Crippen molar-refractivity contribution in [1.29, 1.82) is 0 Å². The molecule has 14 rings (SSSR count). The third-order valence-electron chi connectivity index (χ3n) is 16.9. The summed E-state index contributed by atoms with van der Waals surface area (Å²) >= 11 is 0. The fraction of sp³-hybridized carbons (Fsp3) is 0.192. The van der Waals surface area contributed by atoms with Crippen molar-refractivity contribution in [1.82, 2.24) is 9.55 Å². The highest BCUT2D eigenvalue weighted by Crippen LogP contribution is 2.64. The van der Waals surface area contributed by atoms with Gasteiger partial charge in [0, 0.05) is 45.9 Å². The van der Waals surface area contributed by atoms with Crippen molar-refractivity contribution in [3.8, 4) is 50.7 Å². The summed E-state index contributed by atoms with van der Waals surface area (Å²) in [4.78, 5) is 10.1. The molecular formula is C73H64N4O. The second-order valence-corrected chi connectivity index (χ2v) is 24.8. The van der Waals surface area contributed by atoms with Gasteiger partial charge >= 0.3 is 0 Å². The second-order valence-electron chi connectivity index (χ2n) is 24.8. The highest BCUT2D eigenvalue weighted by Gasteiger charge is 2.52. The molecule has 0 bridgehead atoms. The number of anilines is 4. The van der Waals surface area contributed by atoms with Crippen LogP contribution in [0.5, 0.6) is 11.5 Å². The van der Waals surface area contributed by atoms with Gasteiger partial charge in [-0.25, -0.2) is 4.98 Å². The molecule has 0 atom stereocenters. The minimum atomic E-state index is -0.531. The number of rotatable bonds is 7. The van der Waals surface area contributed by atoms with Crippen LogP contribution < -0.4 is 14.5 Å². The first-order chi connectivity index (χ1) is 37.6. The zero-order chi connectivity index (χ0) is 53.5. The van der Waals surface area contributed by atoms with Gasteiger partial charge < -0.3 is 14.5 Å². The largest absolute Gasteiger partial charge is 0.457 e. The van der Waals surface area contributed by atoms with E-state index in [9.17, 15) is 0 Å². The molecule has 382 valence electrons. The van der Waals surface area contributed by atoms with E-state index in [4.69, 9.17) is 9.72 Å². The first kappa shape index (κ1) is 47.8. The Hall–Kier alpha value is -8.67. The summed E-state index contributed by atoms with van der Waals surface area (Å²) in [6, 6.07) is 76.4. The topological polar surface area (TPSA) is 33.5 Å². The minimum Gasteiger partial charge on any atom is -0.457 e. The summed E-state index contributed by atoms with van der Waals surface area (Å²) in [6.07, 6.45) is 1.97. The highest BCUT2D eigenvalue weighted by atomic mass is 16.5. The molecule has 3 heterocycles. The molecule has 1 spiro atoms. The van der Waals surface area contributed by atoms with E-state index in [1.807, 2.05) is 6.20 Å². The number of hydrogen-bond acceptors (Lipinski definition) is 4. The van der Waals surface area contributed by atoms with Crippen LogP contribution in [0.3, 0.4) is 0 Å². The average molecular weight is 1010 g/mol. The van der Waals surface area contributed by atoms with Crippen LogP contribution in [0, 0.1) is 0 Å². The van der Waals surface area contributed by atoms with Crippen molar-refractivity contribution >= 4 is 44.6 Å². The lowest BCUT2D eigenvalue weighted by Crippen LogP contribution is -2.26. The van der Waals surface area contributed by atoms with E-state index < -0.39 is 5.41 Å². The molecule has 3 aliphatic rings. The van der Waals surface area contributed by atoms with E-state index in [-0.39, 0.29) is 16.2 Å². The van der Waals surface area contributed by atoms with E-state index >= 15 is 0 Å². The van der Waals surface area contributed by atoms with Crippen molar-refractivity contribution in [2.75, 3.05) is 16.5 Å². The molecule has 2 aliphatic carbocycles. The molecule has 1 aliphatic heterocycles. The second kappa shape index (κ2) is 17.2. The van der Waals surface area contributed by atoms with Gasteiger partial charge in [-0.15, -0.1) is 0 Å². The van der Waals surface area contributed by atoms with Crippen LogP contribution in [0.4, 0.5) is 22.7 Å². The van der Waals surface area contributed by atoms with E-state index in [1.165, 1.54) is 88.8 Å². The zero-order valence-corrected chi connectivity index (χ0v) is 46.1. The Labute approximate surface area is 459 Å². The number of para-hydroxylation sites is 3. The Morgan fingerprint density at radius 1 is 0.410 bits per heavy atom. The lowest BCUT2D eigenvalue weighted by atomic mass is 9.70. The molecule has 0 amide bonds. The lowest BCUT2D eigenvalue weighted by Gasteiger charge is -2.32. The van der Waals surface area contributed by atoms with Crippen molar-refractivity contribution < 1.29 is 4.74 Å². The first-order valence-electron chi connectivity index (χ1n) is 27.6. The van der Waals surface area contributed by atoms with Gasteiger partial charge in [0.25, 0.3) is 0 Å². The Morgan fingerprint density at radius 2 is 0.974 bits per heavy atom. The van der Waals surface area contributed by atoms with Crippen molar-refractivity contribution in [2.24, 2.45) is 0 Å². The van der Waals surface area contributed by atoms with Crippen molar-refractivity contribution in [3.63, 3.8) is 0 Å². The van der Waals surface area contributed by atoms with Gasteiger partial charge in [0.1, 0.15) is 24.0 Å². The lowest BCUT2D eigenvalue weighted by molar-refractivity contribution is 0.482. The molecule has 2 aromatic heterocycles. The van der Waals surface area contributed by atoms with Crippen molar-refractivity contribution in [2.45, 2.75) is 84.0 Å². The highest BCUT2D eigenvalue weighted by molar-refractivity contribution is 6.19. The van der Waals surface area contributed by atoms with Gasteiger partial charge in [-0.05, 0) is 126 Å². The predicted octanol–water partition coefficient (Wildman–Crippen LogP) is 19.1. The van der Waals surface area contributed by atoms with Crippen LogP contribution in [0.2, 0.25) is 0 Å². The fourth-order valence-corrected chi connectivity index (χ4v) is 13.1. The molecule has 0 fully saturated rings. The standard InChI is InChI=1S/C73H64N4O/c1-70(2,3)48-36-37-74-66(41-48)77-64-35-21-32-60-67(64)68-61(73(60)58-30-15-13-26-56(58)57-27-14-16-31-59(57)73)43-53(44-65(68)77)78-52-25-19-24-51(42-52)75-45-76(63-34-18-17-33-62(63)75)69-54(46-22-11-10-12-23-46)28-20-29-55(69)47-38-49(71(4,5)6)40-50(39-47)72(7,8)9/h10-44H,45H2,1-9H3. The van der Waals surface area contributed by atoms with Crippen LogP contribution in [0.25, 0.3) is 61.0 Å². The van der Waals surface area contributed by atoms with Gasteiger partial charge in [-0.1, -0.05) is 208 Å². The molecule has 5 heteroatoms. The molecule has 78 heavy (non-hydrogen) atoms. The number of pyridine rings is 1. The molecule has 5 nitrogen and oxygen atoms in total. The quantitative estimate of drug-likeness (QED) is 0.159. The Bertz CT molecular complexity index is 4160. The summed E-state index contributed by atoms with van der Waals surface area (Å²) < 4.78 is 9.69. The average Bonchev–Trinajstić information content (AvgIpc) is 3.15. The van der Waals surface area contributed by atoms with Crippen LogP contribution >= 0.6 is 0 Å². The third kappa shape index (κ3) is 7.24. The molecule has 11 aromatic rings. The molecule has 9 aromatic carbocycles. The normalized spacial score (nSPS) is 14.2. The number of hydrogen-bond donors (Lipinski definition) is 0.